The summed E-state index contributed by atoms with van der Waals surface area (Å²) >= 11 is 0. The molecule has 5 nitrogen and oxygen atoms in total. The fourth-order valence-corrected chi connectivity index (χ4v) is 1.43. The minimum atomic E-state index is -0.165. The van der Waals surface area contributed by atoms with E-state index in [2.05, 4.69) is 5.16 Å². The molecular weight excluding hydrogens is 206 g/mol. The molecule has 0 radical (unpaired) electrons. The van der Waals surface area contributed by atoms with Crippen LogP contribution in [0, 0.1) is 12.3 Å². The van der Waals surface area contributed by atoms with Crippen molar-refractivity contribution in [2.45, 2.75) is 20.8 Å². The Hall–Kier alpha value is -1.36. The Kier molecular flexibility index (Phi) is 3.70. The zero-order chi connectivity index (χ0) is 12.3. The van der Waals surface area contributed by atoms with Crippen LogP contribution in [0.5, 0.6) is 0 Å². The smallest absolute Gasteiger partial charge is 0.292 e. The van der Waals surface area contributed by atoms with Crippen molar-refractivity contribution in [2.75, 3.05) is 20.1 Å². The fourth-order valence-electron chi connectivity index (χ4n) is 1.43. The molecule has 0 fully saturated rings. The summed E-state index contributed by atoms with van der Waals surface area (Å²) in [5.41, 5.74) is 6.23. The van der Waals surface area contributed by atoms with Gasteiger partial charge in [0, 0.05) is 19.7 Å². The zero-order valence-corrected chi connectivity index (χ0v) is 10.3. The molecule has 0 aliphatic rings. The van der Waals surface area contributed by atoms with Crippen molar-refractivity contribution >= 4 is 5.91 Å². The molecule has 0 aliphatic carbocycles. The zero-order valence-electron chi connectivity index (χ0n) is 10.3. The van der Waals surface area contributed by atoms with Crippen molar-refractivity contribution in [1.82, 2.24) is 10.1 Å². The second kappa shape index (κ2) is 4.65. The number of carbonyl (C=O) groups excluding carboxylic acids is 1. The summed E-state index contributed by atoms with van der Waals surface area (Å²) in [5, 5.41) is 3.69. The van der Waals surface area contributed by atoms with E-state index in [1.54, 1.807) is 24.9 Å². The van der Waals surface area contributed by atoms with E-state index in [-0.39, 0.29) is 17.1 Å². The van der Waals surface area contributed by atoms with Crippen LogP contribution in [0.25, 0.3) is 0 Å². The van der Waals surface area contributed by atoms with E-state index in [0.29, 0.717) is 18.8 Å². The van der Waals surface area contributed by atoms with Crippen LogP contribution in [0.2, 0.25) is 0 Å². The standard InChI is InChI=1S/C11H19N3O2/c1-8-5-9(16-13-8)10(15)14(4)7-11(2,3)6-12/h5H,6-7,12H2,1-4H3. The third-order valence-electron chi connectivity index (χ3n) is 2.40. The highest BCUT2D eigenvalue weighted by atomic mass is 16.5. The molecule has 0 bridgehead atoms. The normalized spacial score (nSPS) is 11.6. The summed E-state index contributed by atoms with van der Waals surface area (Å²) in [6.07, 6.45) is 0. The number of hydrogen-bond donors (Lipinski definition) is 1. The van der Waals surface area contributed by atoms with Gasteiger partial charge in [-0.3, -0.25) is 4.79 Å². The summed E-state index contributed by atoms with van der Waals surface area (Å²) in [4.78, 5) is 13.5. The summed E-state index contributed by atoms with van der Waals surface area (Å²) in [6.45, 7) is 6.93. The van der Waals surface area contributed by atoms with E-state index < -0.39 is 0 Å². The van der Waals surface area contributed by atoms with Gasteiger partial charge in [0.25, 0.3) is 5.91 Å². The maximum Gasteiger partial charge on any atom is 0.292 e. The number of carbonyl (C=O) groups is 1. The molecule has 1 heterocycles. The largest absolute Gasteiger partial charge is 0.351 e. The van der Waals surface area contributed by atoms with Crippen LogP contribution in [0.15, 0.2) is 10.6 Å². The van der Waals surface area contributed by atoms with Crippen molar-refractivity contribution in [3.8, 4) is 0 Å². The van der Waals surface area contributed by atoms with Gasteiger partial charge in [-0.15, -0.1) is 0 Å². The Labute approximate surface area is 95.6 Å². The van der Waals surface area contributed by atoms with Crippen LogP contribution in [-0.4, -0.2) is 36.1 Å². The van der Waals surface area contributed by atoms with Crippen molar-refractivity contribution in [3.63, 3.8) is 0 Å². The van der Waals surface area contributed by atoms with Crippen molar-refractivity contribution in [2.24, 2.45) is 11.1 Å². The predicted octanol–water partition coefficient (Wildman–Crippen LogP) is 1.04. The molecular formula is C11H19N3O2. The minimum Gasteiger partial charge on any atom is -0.351 e. The highest BCUT2D eigenvalue weighted by molar-refractivity contribution is 5.91. The molecule has 0 unspecified atom stereocenters. The summed E-state index contributed by atoms with van der Waals surface area (Å²) < 4.78 is 4.92. The van der Waals surface area contributed by atoms with E-state index in [1.807, 2.05) is 13.8 Å². The number of rotatable bonds is 4. The van der Waals surface area contributed by atoms with Crippen LogP contribution >= 0.6 is 0 Å². The first-order valence-corrected chi connectivity index (χ1v) is 5.24. The molecule has 0 saturated heterocycles. The maximum atomic E-state index is 11.9. The number of aryl methyl sites for hydroxylation is 1. The topological polar surface area (TPSA) is 72.4 Å². The molecule has 90 valence electrons. The first-order valence-electron chi connectivity index (χ1n) is 5.24. The number of nitrogens with two attached hydrogens (primary N) is 1. The lowest BCUT2D eigenvalue weighted by atomic mass is 9.93. The van der Waals surface area contributed by atoms with E-state index in [4.69, 9.17) is 10.3 Å². The Balaban J connectivity index is 2.68. The quantitative estimate of drug-likeness (QED) is 0.831. The lowest BCUT2D eigenvalue weighted by molar-refractivity contribution is 0.0699. The lowest BCUT2D eigenvalue weighted by Crippen LogP contribution is -2.39. The van der Waals surface area contributed by atoms with E-state index in [9.17, 15) is 4.79 Å². The molecule has 1 rings (SSSR count). The average Bonchev–Trinajstić information content (AvgIpc) is 2.63. The molecule has 0 atom stereocenters. The summed E-state index contributed by atoms with van der Waals surface area (Å²) in [5.74, 6) is 0.106. The highest BCUT2D eigenvalue weighted by Crippen LogP contribution is 2.15. The van der Waals surface area contributed by atoms with E-state index >= 15 is 0 Å². The SMILES string of the molecule is Cc1cc(C(=O)N(C)CC(C)(C)CN)on1. The number of aromatic nitrogens is 1. The monoisotopic (exact) mass is 225 g/mol. The van der Waals surface area contributed by atoms with Gasteiger partial charge >= 0.3 is 0 Å². The second-order valence-corrected chi connectivity index (χ2v) is 4.86. The third-order valence-corrected chi connectivity index (χ3v) is 2.40. The van der Waals surface area contributed by atoms with Crippen LogP contribution in [-0.2, 0) is 0 Å². The van der Waals surface area contributed by atoms with E-state index in [0.717, 1.165) is 0 Å². The van der Waals surface area contributed by atoms with Gasteiger partial charge in [0.15, 0.2) is 0 Å². The van der Waals surface area contributed by atoms with Gasteiger partial charge < -0.3 is 15.2 Å². The molecule has 0 saturated carbocycles. The van der Waals surface area contributed by atoms with Crippen LogP contribution < -0.4 is 5.73 Å². The second-order valence-electron chi connectivity index (χ2n) is 4.86. The van der Waals surface area contributed by atoms with Gasteiger partial charge in [0.2, 0.25) is 5.76 Å². The van der Waals surface area contributed by atoms with Gasteiger partial charge in [-0.2, -0.15) is 0 Å². The predicted molar refractivity (Wildman–Crippen MR) is 61.0 cm³/mol. The van der Waals surface area contributed by atoms with Crippen molar-refractivity contribution in [3.05, 3.63) is 17.5 Å². The Morgan fingerprint density at radius 3 is 2.69 bits per heavy atom. The number of nitrogens with zero attached hydrogens (tertiary/aromatic N) is 2. The number of amides is 1. The molecule has 1 amide bonds. The first-order chi connectivity index (χ1) is 7.35. The van der Waals surface area contributed by atoms with Crippen molar-refractivity contribution in [1.29, 1.82) is 0 Å². The van der Waals surface area contributed by atoms with Gasteiger partial charge in [-0.25, -0.2) is 0 Å². The molecule has 16 heavy (non-hydrogen) atoms. The van der Waals surface area contributed by atoms with Gasteiger partial charge in [-0.1, -0.05) is 19.0 Å². The molecule has 1 aromatic heterocycles. The van der Waals surface area contributed by atoms with Gasteiger partial charge in [0.1, 0.15) is 0 Å². The summed E-state index contributed by atoms with van der Waals surface area (Å²) in [7, 11) is 1.73. The molecule has 1 aromatic rings. The lowest BCUT2D eigenvalue weighted by Gasteiger charge is -2.28. The fraction of sp³-hybridized carbons (Fsp3) is 0.636. The van der Waals surface area contributed by atoms with E-state index in [1.165, 1.54) is 0 Å². The Bertz CT molecular complexity index is 371. The van der Waals surface area contributed by atoms with Gasteiger partial charge in [0.05, 0.1) is 5.69 Å². The van der Waals surface area contributed by atoms with Crippen LogP contribution in [0.4, 0.5) is 0 Å². The highest BCUT2D eigenvalue weighted by Gasteiger charge is 2.23. The Morgan fingerprint density at radius 2 is 2.25 bits per heavy atom. The van der Waals surface area contributed by atoms with Crippen LogP contribution in [0.1, 0.15) is 30.1 Å². The van der Waals surface area contributed by atoms with Crippen LogP contribution in [0.3, 0.4) is 0 Å². The molecule has 0 aromatic carbocycles. The summed E-state index contributed by atoms with van der Waals surface area (Å²) in [6, 6.07) is 1.63. The maximum absolute atomic E-state index is 11.9. The molecule has 0 spiro atoms. The average molecular weight is 225 g/mol. The third kappa shape index (κ3) is 3.06. The van der Waals surface area contributed by atoms with Gasteiger partial charge in [-0.05, 0) is 18.9 Å². The first kappa shape index (κ1) is 12.7. The molecule has 0 aliphatic heterocycles. The number of hydrogen-bond acceptors (Lipinski definition) is 4. The molecule has 5 heteroatoms. The minimum absolute atomic E-state index is 0.0977. The van der Waals surface area contributed by atoms with Crippen molar-refractivity contribution < 1.29 is 9.32 Å². The molecule has 2 N–H and O–H groups in total. The Morgan fingerprint density at radius 1 is 1.62 bits per heavy atom.